The summed E-state index contributed by atoms with van der Waals surface area (Å²) in [6.45, 7) is 0. The highest BCUT2D eigenvalue weighted by Gasteiger charge is 2.13. The highest BCUT2D eigenvalue weighted by molar-refractivity contribution is 9.10. The standard InChI is InChI=1S/C8H9BrN6O2/c1-13-7(16)6(12-14(2)8(13)17)15-3-4(9)5(10)11-15/h3H,1-2H3,(H2,10,11). The van der Waals surface area contributed by atoms with E-state index in [1.165, 1.54) is 25.0 Å². The van der Waals surface area contributed by atoms with Gasteiger partial charge in [0.25, 0.3) is 0 Å². The Morgan fingerprint density at radius 3 is 2.47 bits per heavy atom. The minimum absolute atomic E-state index is 0.00648. The van der Waals surface area contributed by atoms with Crippen molar-refractivity contribution in [2.24, 2.45) is 14.1 Å². The van der Waals surface area contributed by atoms with Crippen LogP contribution in [-0.2, 0) is 14.1 Å². The molecule has 0 aromatic carbocycles. The van der Waals surface area contributed by atoms with Gasteiger partial charge in [-0.2, -0.15) is 0 Å². The lowest BCUT2D eigenvalue weighted by atomic mass is 10.6. The number of aromatic nitrogens is 5. The van der Waals surface area contributed by atoms with Crippen LogP contribution in [0, 0.1) is 0 Å². The molecule has 2 heterocycles. The summed E-state index contributed by atoms with van der Waals surface area (Å²) in [7, 11) is 2.82. The van der Waals surface area contributed by atoms with Crippen molar-refractivity contribution in [1.29, 1.82) is 0 Å². The molecule has 0 aliphatic carbocycles. The summed E-state index contributed by atoms with van der Waals surface area (Å²) in [6, 6.07) is 0. The van der Waals surface area contributed by atoms with Crippen LogP contribution < -0.4 is 17.0 Å². The molecule has 0 spiro atoms. The Morgan fingerprint density at radius 2 is 1.94 bits per heavy atom. The van der Waals surface area contributed by atoms with E-state index in [1.54, 1.807) is 0 Å². The van der Waals surface area contributed by atoms with Crippen molar-refractivity contribution >= 4 is 21.7 Å². The van der Waals surface area contributed by atoms with Gasteiger partial charge in [0, 0.05) is 20.3 Å². The first-order valence-electron chi connectivity index (χ1n) is 4.57. The van der Waals surface area contributed by atoms with Crippen LogP contribution in [0.4, 0.5) is 5.82 Å². The van der Waals surface area contributed by atoms with Crippen LogP contribution in [0.25, 0.3) is 5.82 Å². The van der Waals surface area contributed by atoms with Gasteiger partial charge in [0.05, 0.1) is 4.47 Å². The molecule has 2 aromatic heterocycles. The molecule has 17 heavy (non-hydrogen) atoms. The molecule has 0 saturated heterocycles. The maximum atomic E-state index is 11.8. The molecule has 90 valence electrons. The van der Waals surface area contributed by atoms with Crippen molar-refractivity contribution in [3.8, 4) is 5.82 Å². The number of anilines is 1. The quantitative estimate of drug-likeness (QED) is 0.729. The molecular formula is C8H9BrN6O2. The van der Waals surface area contributed by atoms with Crippen LogP contribution in [-0.4, -0.2) is 24.1 Å². The molecule has 0 aliphatic heterocycles. The number of nitrogens with zero attached hydrogens (tertiary/aromatic N) is 5. The smallest absolute Gasteiger partial charge is 0.346 e. The van der Waals surface area contributed by atoms with E-state index in [2.05, 4.69) is 26.1 Å². The maximum absolute atomic E-state index is 11.8. The van der Waals surface area contributed by atoms with Crippen LogP contribution in [0.15, 0.2) is 20.3 Å². The Hall–Kier alpha value is -1.90. The van der Waals surface area contributed by atoms with Gasteiger partial charge in [-0.3, -0.25) is 9.36 Å². The van der Waals surface area contributed by atoms with Crippen molar-refractivity contribution in [3.63, 3.8) is 0 Å². The Balaban J connectivity index is 2.77. The van der Waals surface area contributed by atoms with Gasteiger partial charge in [0.2, 0.25) is 5.82 Å². The largest absolute Gasteiger partial charge is 0.381 e. The van der Waals surface area contributed by atoms with E-state index in [1.807, 2.05) is 0 Å². The van der Waals surface area contributed by atoms with E-state index < -0.39 is 11.2 Å². The second kappa shape index (κ2) is 3.84. The third-order valence-corrected chi connectivity index (χ3v) is 2.83. The summed E-state index contributed by atoms with van der Waals surface area (Å²) in [5, 5.41) is 7.76. The summed E-state index contributed by atoms with van der Waals surface area (Å²) in [5.74, 6) is 0.245. The molecule has 2 N–H and O–H groups in total. The lowest BCUT2D eigenvalue weighted by Crippen LogP contribution is -2.40. The number of nitrogens with two attached hydrogens (primary N) is 1. The predicted octanol–water partition coefficient (Wildman–Crippen LogP) is -0.991. The first kappa shape index (κ1) is 11.6. The molecule has 0 atom stereocenters. The molecule has 0 amide bonds. The first-order chi connectivity index (χ1) is 7.91. The number of rotatable bonds is 1. The van der Waals surface area contributed by atoms with Crippen LogP contribution in [0.3, 0.4) is 0 Å². The molecule has 0 fully saturated rings. The number of halogens is 1. The summed E-state index contributed by atoms with van der Waals surface area (Å²) < 4.78 is 3.79. The number of aryl methyl sites for hydroxylation is 1. The molecule has 0 bridgehead atoms. The fraction of sp³-hybridized carbons (Fsp3) is 0.250. The number of nitrogen functional groups attached to an aromatic ring is 1. The fourth-order valence-corrected chi connectivity index (χ4v) is 1.57. The van der Waals surface area contributed by atoms with Crippen molar-refractivity contribution in [3.05, 3.63) is 31.5 Å². The molecule has 0 unspecified atom stereocenters. The highest BCUT2D eigenvalue weighted by Crippen LogP contribution is 2.17. The fourth-order valence-electron chi connectivity index (χ4n) is 1.30. The van der Waals surface area contributed by atoms with Gasteiger partial charge in [-0.15, -0.1) is 10.2 Å². The SMILES string of the molecule is Cn1nc(-n2cc(Br)c(N)n2)c(=O)n(C)c1=O. The zero-order valence-electron chi connectivity index (χ0n) is 9.09. The van der Waals surface area contributed by atoms with Crippen LogP contribution in [0.2, 0.25) is 0 Å². The van der Waals surface area contributed by atoms with Gasteiger partial charge in [-0.25, -0.2) is 14.2 Å². The van der Waals surface area contributed by atoms with Crippen molar-refractivity contribution < 1.29 is 0 Å². The Bertz CT molecular complexity index is 678. The molecule has 0 aliphatic rings. The molecule has 0 saturated carbocycles. The van der Waals surface area contributed by atoms with Gasteiger partial charge in [0.15, 0.2) is 5.82 Å². The summed E-state index contributed by atoms with van der Waals surface area (Å²) >= 11 is 3.18. The van der Waals surface area contributed by atoms with E-state index in [0.29, 0.717) is 4.47 Å². The number of hydrogen-bond donors (Lipinski definition) is 1. The molecule has 2 aromatic rings. The molecule has 9 heteroatoms. The van der Waals surface area contributed by atoms with Gasteiger partial charge < -0.3 is 5.73 Å². The molecular weight excluding hydrogens is 292 g/mol. The Kier molecular flexibility index (Phi) is 2.62. The average Bonchev–Trinajstić information content (AvgIpc) is 2.61. The predicted molar refractivity (Wildman–Crippen MR) is 64.0 cm³/mol. The molecule has 2 rings (SSSR count). The van der Waals surface area contributed by atoms with Gasteiger partial charge >= 0.3 is 11.2 Å². The van der Waals surface area contributed by atoms with Gasteiger partial charge in [0.1, 0.15) is 0 Å². The van der Waals surface area contributed by atoms with Crippen molar-refractivity contribution in [2.45, 2.75) is 0 Å². The summed E-state index contributed by atoms with van der Waals surface area (Å²) in [6.07, 6.45) is 1.50. The Morgan fingerprint density at radius 1 is 1.29 bits per heavy atom. The average molecular weight is 301 g/mol. The highest BCUT2D eigenvalue weighted by atomic mass is 79.9. The minimum Gasteiger partial charge on any atom is -0.381 e. The topological polar surface area (TPSA) is 101 Å². The second-order valence-corrected chi connectivity index (χ2v) is 4.26. The van der Waals surface area contributed by atoms with Crippen molar-refractivity contribution in [1.82, 2.24) is 24.1 Å². The van der Waals surface area contributed by atoms with Crippen LogP contribution in [0.5, 0.6) is 0 Å². The van der Waals surface area contributed by atoms with Crippen LogP contribution in [0.1, 0.15) is 0 Å². The van der Waals surface area contributed by atoms with Crippen molar-refractivity contribution in [2.75, 3.05) is 5.73 Å². The lowest BCUT2D eigenvalue weighted by molar-refractivity contribution is 0.579. The monoisotopic (exact) mass is 300 g/mol. The summed E-state index contributed by atoms with van der Waals surface area (Å²) in [5.41, 5.74) is 4.51. The number of hydrogen-bond acceptors (Lipinski definition) is 5. The van der Waals surface area contributed by atoms with E-state index in [4.69, 9.17) is 5.73 Å². The Labute approximate surface area is 103 Å². The zero-order valence-corrected chi connectivity index (χ0v) is 10.7. The van der Waals surface area contributed by atoms with E-state index in [9.17, 15) is 9.59 Å². The third-order valence-electron chi connectivity index (χ3n) is 2.22. The third kappa shape index (κ3) is 1.78. The molecule has 0 radical (unpaired) electrons. The normalized spacial score (nSPS) is 10.8. The van der Waals surface area contributed by atoms with E-state index in [-0.39, 0.29) is 11.6 Å². The molecule has 8 nitrogen and oxygen atoms in total. The van der Waals surface area contributed by atoms with E-state index in [0.717, 1.165) is 9.25 Å². The maximum Gasteiger partial charge on any atom is 0.346 e. The second-order valence-electron chi connectivity index (χ2n) is 3.40. The van der Waals surface area contributed by atoms with Gasteiger partial charge in [-0.05, 0) is 15.9 Å². The van der Waals surface area contributed by atoms with E-state index >= 15 is 0 Å². The minimum atomic E-state index is -0.539. The first-order valence-corrected chi connectivity index (χ1v) is 5.36. The summed E-state index contributed by atoms with van der Waals surface area (Å²) in [4.78, 5) is 23.3. The zero-order chi connectivity index (χ0) is 12.7. The lowest BCUT2D eigenvalue weighted by Gasteiger charge is -2.04. The van der Waals surface area contributed by atoms with Crippen LogP contribution >= 0.6 is 15.9 Å². The van der Waals surface area contributed by atoms with Gasteiger partial charge in [-0.1, -0.05) is 0 Å².